The maximum absolute atomic E-state index is 10.4. The molecule has 0 aliphatic rings. The van der Waals surface area contributed by atoms with Gasteiger partial charge in [0, 0.05) is 10.0 Å². The first-order chi connectivity index (χ1) is 8.61. The third-order valence-corrected chi connectivity index (χ3v) is 3.37. The predicted octanol–water partition coefficient (Wildman–Crippen LogP) is 3.85. The molecule has 1 unspecified atom stereocenters. The summed E-state index contributed by atoms with van der Waals surface area (Å²) in [6.07, 6.45) is -0.682. The molecule has 0 aliphatic heterocycles. The van der Waals surface area contributed by atoms with Crippen LogP contribution in [-0.2, 0) is 0 Å². The van der Waals surface area contributed by atoms with Gasteiger partial charge in [0.15, 0.2) is 0 Å². The summed E-state index contributed by atoms with van der Waals surface area (Å²) in [7, 11) is 1.61. The lowest BCUT2D eigenvalue weighted by Crippen LogP contribution is -2.02. The molecule has 0 radical (unpaired) electrons. The molecule has 2 aromatic rings. The van der Waals surface area contributed by atoms with Gasteiger partial charge >= 0.3 is 0 Å². The number of rotatable bonds is 3. The first-order valence-electron chi connectivity index (χ1n) is 5.70. The first-order valence-corrected chi connectivity index (χ1v) is 6.49. The van der Waals surface area contributed by atoms with Gasteiger partial charge in [0.25, 0.3) is 0 Å². The van der Waals surface area contributed by atoms with Crippen molar-refractivity contribution in [3.63, 3.8) is 0 Å². The van der Waals surface area contributed by atoms with Crippen LogP contribution in [0.15, 0.2) is 46.9 Å². The number of hydrogen-bond donors (Lipinski definition) is 1. The smallest absolute Gasteiger partial charge is 0.125 e. The van der Waals surface area contributed by atoms with Gasteiger partial charge in [0.2, 0.25) is 0 Å². The van der Waals surface area contributed by atoms with Gasteiger partial charge < -0.3 is 9.84 Å². The molecule has 18 heavy (non-hydrogen) atoms. The van der Waals surface area contributed by atoms with Crippen LogP contribution in [0.25, 0.3) is 0 Å². The van der Waals surface area contributed by atoms with E-state index in [0.29, 0.717) is 5.75 Å². The van der Waals surface area contributed by atoms with E-state index in [1.165, 1.54) is 5.56 Å². The average molecular weight is 307 g/mol. The van der Waals surface area contributed by atoms with Gasteiger partial charge in [-0.3, -0.25) is 0 Å². The predicted molar refractivity (Wildman–Crippen MR) is 75.9 cm³/mol. The van der Waals surface area contributed by atoms with Gasteiger partial charge in [-0.25, -0.2) is 0 Å². The number of benzene rings is 2. The van der Waals surface area contributed by atoms with Crippen LogP contribution >= 0.6 is 15.9 Å². The minimum absolute atomic E-state index is 0.682. The zero-order valence-electron chi connectivity index (χ0n) is 10.4. The van der Waals surface area contributed by atoms with Crippen LogP contribution in [-0.4, -0.2) is 12.2 Å². The van der Waals surface area contributed by atoms with E-state index in [1.54, 1.807) is 7.11 Å². The second-order valence-corrected chi connectivity index (χ2v) is 5.12. The van der Waals surface area contributed by atoms with Gasteiger partial charge in [-0.2, -0.15) is 0 Å². The summed E-state index contributed by atoms with van der Waals surface area (Å²) in [4.78, 5) is 0. The van der Waals surface area contributed by atoms with E-state index < -0.39 is 6.10 Å². The average Bonchev–Trinajstić information content (AvgIpc) is 2.39. The number of aliphatic hydroxyl groups is 1. The highest BCUT2D eigenvalue weighted by atomic mass is 79.9. The number of aryl methyl sites for hydroxylation is 1. The Morgan fingerprint density at radius 3 is 2.39 bits per heavy atom. The fraction of sp³-hybridized carbons (Fsp3) is 0.200. The molecule has 2 nitrogen and oxygen atoms in total. The summed E-state index contributed by atoms with van der Waals surface area (Å²) in [5, 5.41) is 10.4. The molecule has 2 rings (SSSR count). The van der Waals surface area contributed by atoms with Crippen LogP contribution in [0.3, 0.4) is 0 Å². The Balaban J connectivity index is 2.41. The van der Waals surface area contributed by atoms with Gasteiger partial charge in [-0.05, 0) is 30.7 Å². The van der Waals surface area contributed by atoms with Crippen molar-refractivity contribution in [2.45, 2.75) is 13.0 Å². The summed E-state index contributed by atoms with van der Waals surface area (Å²) in [5.41, 5.74) is 2.79. The molecule has 0 aliphatic carbocycles. The van der Waals surface area contributed by atoms with Gasteiger partial charge in [0.05, 0.1) is 7.11 Å². The summed E-state index contributed by atoms with van der Waals surface area (Å²) >= 11 is 3.41. The van der Waals surface area contributed by atoms with E-state index in [0.717, 1.165) is 15.6 Å². The number of ether oxygens (including phenoxy) is 1. The molecule has 2 aromatic carbocycles. The number of halogens is 1. The molecule has 0 bridgehead atoms. The van der Waals surface area contributed by atoms with Gasteiger partial charge in [-0.1, -0.05) is 45.8 Å². The molecular weight excluding hydrogens is 292 g/mol. The quantitative estimate of drug-likeness (QED) is 0.933. The second-order valence-electron chi connectivity index (χ2n) is 4.20. The minimum Gasteiger partial charge on any atom is -0.496 e. The van der Waals surface area contributed by atoms with Crippen molar-refractivity contribution >= 4 is 15.9 Å². The third kappa shape index (κ3) is 2.74. The summed E-state index contributed by atoms with van der Waals surface area (Å²) in [5.74, 6) is 0.686. The second kappa shape index (κ2) is 5.55. The zero-order valence-corrected chi connectivity index (χ0v) is 11.9. The maximum Gasteiger partial charge on any atom is 0.125 e. The Morgan fingerprint density at radius 1 is 1.11 bits per heavy atom. The van der Waals surface area contributed by atoms with Crippen LogP contribution in [0.2, 0.25) is 0 Å². The highest BCUT2D eigenvalue weighted by Crippen LogP contribution is 2.32. The van der Waals surface area contributed by atoms with Crippen LogP contribution in [0.4, 0.5) is 0 Å². The fourth-order valence-electron chi connectivity index (χ4n) is 1.85. The van der Waals surface area contributed by atoms with Crippen molar-refractivity contribution in [1.82, 2.24) is 0 Å². The van der Waals surface area contributed by atoms with Gasteiger partial charge in [-0.15, -0.1) is 0 Å². The van der Waals surface area contributed by atoms with Crippen molar-refractivity contribution in [2.75, 3.05) is 7.11 Å². The van der Waals surface area contributed by atoms with Crippen molar-refractivity contribution in [3.8, 4) is 5.75 Å². The van der Waals surface area contributed by atoms with Crippen molar-refractivity contribution < 1.29 is 9.84 Å². The largest absolute Gasteiger partial charge is 0.496 e. The molecule has 0 saturated carbocycles. The molecule has 3 heteroatoms. The van der Waals surface area contributed by atoms with Crippen molar-refractivity contribution in [3.05, 3.63) is 63.6 Å². The van der Waals surface area contributed by atoms with Crippen LogP contribution in [0.5, 0.6) is 5.75 Å². The topological polar surface area (TPSA) is 29.5 Å². The van der Waals surface area contributed by atoms with E-state index >= 15 is 0 Å². The standard InChI is InChI=1S/C15H15BrO2/c1-10-3-5-11(6-4-10)15(17)13-9-12(16)7-8-14(13)18-2/h3-9,15,17H,1-2H3. The summed E-state index contributed by atoms with van der Waals surface area (Å²) < 4.78 is 6.21. The maximum atomic E-state index is 10.4. The molecular formula is C15H15BrO2. The molecule has 1 atom stereocenters. The molecule has 0 saturated heterocycles. The van der Waals surface area contributed by atoms with Crippen molar-refractivity contribution in [2.24, 2.45) is 0 Å². The fourth-order valence-corrected chi connectivity index (χ4v) is 2.23. The Bertz CT molecular complexity index is 535. The third-order valence-electron chi connectivity index (χ3n) is 2.88. The molecule has 0 aromatic heterocycles. The van der Waals surface area contributed by atoms with E-state index in [4.69, 9.17) is 4.74 Å². The Morgan fingerprint density at radius 2 is 1.78 bits per heavy atom. The highest BCUT2D eigenvalue weighted by Gasteiger charge is 2.15. The molecule has 0 heterocycles. The lowest BCUT2D eigenvalue weighted by Gasteiger charge is -2.15. The Kier molecular flexibility index (Phi) is 4.04. The number of methoxy groups -OCH3 is 1. The van der Waals surface area contributed by atoms with E-state index in [1.807, 2.05) is 49.4 Å². The molecule has 0 spiro atoms. The normalized spacial score (nSPS) is 12.2. The Labute approximate surface area is 115 Å². The van der Waals surface area contributed by atoms with Crippen LogP contribution < -0.4 is 4.74 Å². The van der Waals surface area contributed by atoms with Crippen LogP contribution in [0, 0.1) is 6.92 Å². The zero-order chi connectivity index (χ0) is 13.1. The lowest BCUT2D eigenvalue weighted by atomic mass is 10.00. The molecule has 1 N–H and O–H groups in total. The summed E-state index contributed by atoms with van der Waals surface area (Å²) in [6, 6.07) is 13.5. The lowest BCUT2D eigenvalue weighted by molar-refractivity contribution is 0.214. The monoisotopic (exact) mass is 306 g/mol. The molecule has 0 fully saturated rings. The van der Waals surface area contributed by atoms with Crippen molar-refractivity contribution in [1.29, 1.82) is 0 Å². The highest BCUT2D eigenvalue weighted by molar-refractivity contribution is 9.10. The van der Waals surface area contributed by atoms with Crippen LogP contribution in [0.1, 0.15) is 22.8 Å². The minimum atomic E-state index is -0.682. The number of hydrogen-bond acceptors (Lipinski definition) is 2. The number of aliphatic hydroxyl groups excluding tert-OH is 1. The SMILES string of the molecule is COc1ccc(Br)cc1C(O)c1ccc(C)cc1. The van der Waals surface area contributed by atoms with E-state index in [-0.39, 0.29) is 0 Å². The molecule has 0 amide bonds. The van der Waals surface area contributed by atoms with Gasteiger partial charge in [0.1, 0.15) is 11.9 Å². The molecule has 94 valence electrons. The summed E-state index contributed by atoms with van der Waals surface area (Å²) in [6.45, 7) is 2.02. The van der Waals surface area contributed by atoms with E-state index in [9.17, 15) is 5.11 Å². The first kappa shape index (κ1) is 13.1. The Hall–Kier alpha value is -1.32. The van der Waals surface area contributed by atoms with E-state index in [2.05, 4.69) is 15.9 Å².